The lowest BCUT2D eigenvalue weighted by Gasteiger charge is -2.09. The van der Waals surface area contributed by atoms with Crippen LogP contribution in [0.2, 0.25) is 0 Å². The summed E-state index contributed by atoms with van der Waals surface area (Å²) in [6, 6.07) is 13.4. The lowest BCUT2D eigenvalue weighted by molar-refractivity contribution is 0.0526. The summed E-state index contributed by atoms with van der Waals surface area (Å²) in [7, 11) is 0. The molecule has 0 amide bonds. The van der Waals surface area contributed by atoms with E-state index in [-0.39, 0.29) is 5.97 Å². The Morgan fingerprint density at radius 3 is 2.72 bits per heavy atom. The van der Waals surface area contributed by atoms with E-state index in [1.54, 1.807) is 25.3 Å². The van der Waals surface area contributed by atoms with Gasteiger partial charge in [0.25, 0.3) is 0 Å². The van der Waals surface area contributed by atoms with Crippen LogP contribution in [0.4, 0.5) is 5.69 Å². The third-order valence-corrected chi connectivity index (χ3v) is 4.64. The van der Waals surface area contributed by atoms with Gasteiger partial charge in [0.1, 0.15) is 6.07 Å². The molecule has 1 heterocycles. The number of nitrogens with one attached hydrogen (secondary N) is 2. The van der Waals surface area contributed by atoms with Gasteiger partial charge in [-0.05, 0) is 61.7 Å². The van der Waals surface area contributed by atoms with E-state index in [2.05, 4.69) is 15.8 Å². The Kier molecular flexibility index (Phi) is 4.96. The van der Waals surface area contributed by atoms with Crippen molar-refractivity contribution in [2.45, 2.75) is 18.7 Å². The fraction of sp³-hybridized carbons (Fsp3) is 0.158. The van der Waals surface area contributed by atoms with Crippen molar-refractivity contribution in [3.63, 3.8) is 0 Å². The molecule has 6 heteroatoms. The number of carbonyl (C=O) groups is 1. The fourth-order valence-electron chi connectivity index (χ4n) is 2.58. The molecule has 0 aliphatic carbocycles. The maximum Gasteiger partial charge on any atom is 0.338 e. The molecule has 0 saturated carbocycles. The highest BCUT2D eigenvalue weighted by atomic mass is 32.2. The highest BCUT2D eigenvalue weighted by Gasteiger charge is 2.11. The Balaban J connectivity index is 1.77. The molecule has 2 aromatic carbocycles. The van der Waals surface area contributed by atoms with Gasteiger partial charge in [-0.2, -0.15) is 5.26 Å². The number of rotatable bonds is 5. The van der Waals surface area contributed by atoms with Crippen LogP contribution in [0.1, 0.15) is 28.4 Å². The first-order valence-electron chi connectivity index (χ1n) is 7.85. The quantitative estimate of drug-likeness (QED) is 0.517. The number of aryl methyl sites for hydroxylation is 1. The molecule has 25 heavy (non-hydrogen) atoms. The summed E-state index contributed by atoms with van der Waals surface area (Å²) in [6.45, 7) is 4.13. The maximum atomic E-state index is 11.7. The molecule has 0 radical (unpaired) electrons. The van der Waals surface area contributed by atoms with Gasteiger partial charge >= 0.3 is 5.97 Å². The van der Waals surface area contributed by atoms with Crippen molar-refractivity contribution >= 4 is 34.5 Å². The summed E-state index contributed by atoms with van der Waals surface area (Å²) in [6.07, 6.45) is 1.72. The number of anilines is 1. The second kappa shape index (κ2) is 7.32. The monoisotopic (exact) mass is 351 g/mol. The standard InChI is InChI=1S/C19H17N3O2S/c1-3-24-19(23)13-5-7-15(8-6-13)25-22-16-9-4-12(2)17-14(10-20)11-21-18(16)17/h4-9,11,21-22H,3H2,1-2H3. The number of benzene rings is 2. The molecule has 3 aromatic rings. The van der Waals surface area contributed by atoms with Crippen LogP contribution in [0.25, 0.3) is 10.9 Å². The largest absolute Gasteiger partial charge is 0.462 e. The topological polar surface area (TPSA) is 77.9 Å². The highest BCUT2D eigenvalue weighted by Crippen LogP contribution is 2.31. The number of esters is 1. The highest BCUT2D eigenvalue weighted by molar-refractivity contribution is 8.00. The first-order valence-corrected chi connectivity index (χ1v) is 8.66. The number of ether oxygens (including phenoxy) is 1. The van der Waals surface area contributed by atoms with Gasteiger partial charge in [0.2, 0.25) is 0 Å². The van der Waals surface area contributed by atoms with E-state index in [1.807, 2.05) is 31.2 Å². The van der Waals surface area contributed by atoms with Crippen LogP contribution >= 0.6 is 11.9 Å². The van der Waals surface area contributed by atoms with Crippen molar-refractivity contribution in [2.24, 2.45) is 0 Å². The first-order chi connectivity index (χ1) is 12.1. The van der Waals surface area contributed by atoms with Gasteiger partial charge in [-0.3, -0.25) is 0 Å². The smallest absolute Gasteiger partial charge is 0.338 e. The molecule has 0 bridgehead atoms. The molecule has 126 valence electrons. The molecule has 0 fully saturated rings. The zero-order valence-electron chi connectivity index (χ0n) is 13.9. The number of fused-ring (bicyclic) bond motifs is 1. The van der Waals surface area contributed by atoms with Crippen LogP contribution in [-0.4, -0.2) is 17.6 Å². The third-order valence-electron chi connectivity index (χ3n) is 3.81. The van der Waals surface area contributed by atoms with E-state index >= 15 is 0 Å². The average molecular weight is 351 g/mol. The van der Waals surface area contributed by atoms with E-state index in [4.69, 9.17) is 4.74 Å². The summed E-state index contributed by atoms with van der Waals surface area (Å²) in [5, 5.41) is 10.2. The SMILES string of the molecule is CCOC(=O)c1ccc(SNc2ccc(C)c3c(C#N)c[nH]c23)cc1. The van der Waals surface area contributed by atoms with E-state index in [1.165, 1.54) is 11.9 Å². The van der Waals surface area contributed by atoms with Gasteiger partial charge in [0.05, 0.1) is 28.9 Å². The Morgan fingerprint density at radius 2 is 2.04 bits per heavy atom. The molecule has 1 aromatic heterocycles. The fourth-order valence-corrected chi connectivity index (χ4v) is 3.25. The van der Waals surface area contributed by atoms with Gasteiger partial charge < -0.3 is 14.4 Å². The van der Waals surface area contributed by atoms with E-state index < -0.39 is 0 Å². The van der Waals surface area contributed by atoms with Crippen molar-refractivity contribution in [2.75, 3.05) is 11.3 Å². The maximum absolute atomic E-state index is 11.7. The lowest BCUT2D eigenvalue weighted by Crippen LogP contribution is -2.04. The van der Waals surface area contributed by atoms with Gasteiger partial charge in [-0.1, -0.05) is 6.07 Å². The normalized spacial score (nSPS) is 10.4. The van der Waals surface area contributed by atoms with E-state index in [9.17, 15) is 10.1 Å². The molecule has 0 aliphatic rings. The second-order valence-corrected chi connectivity index (χ2v) is 6.32. The Hall–Kier alpha value is -2.91. The predicted molar refractivity (Wildman–Crippen MR) is 99.6 cm³/mol. The summed E-state index contributed by atoms with van der Waals surface area (Å²) in [4.78, 5) is 15.8. The number of hydrogen-bond acceptors (Lipinski definition) is 5. The van der Waals surface area contributed by atoms with Crippen molar-refractivity contribution in [3.8, 4) is 6.07 Å². The Labute approximate surface area is 150 Å². The molecular formula is C19H17N3O2S. The van der Waals surface area contributed by atoms with Crippen LogP contribution in [0.3, 0.4) is 0 Å². The van der Waals surface area contributed by atoms with Gasteiger partial charge in [0, 0.05) is 16.5 Å². The molecule has 0 saturated heterocycles. The molecule has 3 rings (SSSR count). The van der Waals surface area contributed by atoms with Gasteiger partial charge in [0.15, 0.2) is 0 Å². The van der Waals surface area contributed by atoms with Crippen LogP contribution in [-0.2, 0) is 4.74 Å². The van der Waals surface area contributed by atoms with Gasteiger partial charge in [-0.25, -0.2) is 4.79 Å². The molecule has 0 aliphatic heterocycles. The number of H-pyrrole nitrogens is 1. The first kappa shape index (κ1) is 16.9. The molecule has 0 atom stereocenters. The number of hydrogen-bond donors (Lipinski definition) is 2. The lowest BCUT2D eigenvalue weighted by atomic mass is 10.1. The minimum Gasteiger partial charge on any atom is -0.462 e. The predicted octanol–water partition coefficient (Wildman–Crippen LogP) is 4.64. The summed E-state index contributed by atoms with van der Waals surface area (Å²) < 4.78 is 8.28. The zero-order chi connectivity index (χ0) is 17.8. The Bertz CT molecular complexity index is 955. The molecular weight excluding hydrogens is 334 g/mol. The number of nitriles is 1. The summed E-state index contributed by atoms with van der Waals surface area (Å²) >= 11 is 1.44. The minimum absolute atomic E-state index is 0.317. The van der Waals surface area contributed by atoms with E-state index in [0.717, 1.165) is 27.0 Å². The van der Waals surface area contributed by atoms with Crippen molar-refractivity contribution in [1.29, 1.82) is 5.26 Å². The van der Waals surface area contributed by atoms with Gasteiger partial charge in [-0.15, -0.1) is 0 Å². The average Bonchev–Trinajstić information content (AvgIpc) is 3.07. The van der Waals surface area contributed by atoms with Crippen LogP contribution in [0.15, 0.2) is 47.5 Å². The second-order valence-electron chi connectivity index (χ2n) is 5.44. The molecule has 5 nitrogen and oxygen atoms in total. The minimum atomic E-state index is -0.317. The molecule has 0 unspecified atom stereocenters. The van der Waals surface area contributed by atoms with Crippen LogP contribution < -0.4 is 4.72 Å². The summed E-state index contributed by atoms with van der Waals surface area (Å²) in [5.74, 6) is -0.317. The van der Waals surface area contributed by atoms with Crippen molar-refractivity contribution in [1.82, 2.24) is 4.98 Å². The summed E-state index contributed by atoms with van der Waals surface area (Å²) in [5.41, 5.74) is 4.04. The van der Waals surface area contributed by atoms with Crippen LogP contribution in [0, 0.1) is 18.3 Å². The van der Waals surface area contributed by atoms with Crippen molar-refractivity contribution < 1.29 is 9.53 Å². The van der Waals surface area contributed by atoms with Crippen molar-refractivity contribution in [3.05, 3.63) is 59.3 Å². The molecule has 2 N–H and O–H groups in total. The molecule has 0 spiro atoms. The zero-order valence-corrected chi connectivity index (χ0v) is 14.7. The number of aromatic nitrogens is 1. The third kappa shape index (κ3) is 3.47. The number of aromatic amines is 1. The van der Waals surface area contributed by atoms with E-state index in [0.29, 0.717) is 17.7 Å². The number of carbonyl (C=O) groups excluding carboxylic acids is 1. The van der Waals surface area contributed by atoms with Crippen LogP contribution in [0.5, 0.6) is 0 Å². The number of nitrogens with zero attached hydrogens (tertiary/aromatic N) is 1. The Morgan fingerprint density at radius 1 is 1.28 bits per heavy atom.